The summed E-state index contributed by atoms with van der Waals surface area (Å²) in [6.07, 6.45) is -4.78. The number of methoxy groups -OCH3 is 1. The number of hydrogen-bond acceptors (Lipinski definition) is 4. The molecule has 0 aliphatic rings. The van der Waals surface area contributed by atoms with E-state index in [0.717, 1.165) is 12.1 Å². The molecular weight excluding hydrogens is 303 g/mol. The zero-order chi connectivity index (χ0) is 16.3. The summed E-state index contributed by atoms with van der Waals surface area (Å²) in [6, 6.07) is 7.57. The molecule has 0 saturated carbocycles. The Hall–Kier alpha value is -2.77. The molecule has 1 aromatic carbocycles. The SMILES string of the molecule is COc1ccc(C(=O)O)nc1-c1ccc(OC(F)(F)F)cc1. The molecule has 0 fully saturated rings. The van der Waals surface area contributed by atoms with Gasteiger partial charge in [-0.15, -0.1) is 13.2 Å². The molecule has 22 heavy (non-hydrogen) atoms. The van der Waals surface area contributed by atoms with Crippen LogP contribution in [0.15, 0.2) is 36.4 Å². The van der Waals surface area contributed by atoms with Gasteiger partial charge in [-0.25, -0.2) is 9.78 Å². The van der Waals surface area contributed by atoms with Crippen LogP contribution in [0.5, 0.6) is 11.5 Å². The summed E-state index contributed by atoms with van der Waals surface area (Å²) < 4.78 is 45.2. The molecule has 2 rings (SSSR count). The third-order valence-electron chi connectivity index (χ3n) is 2.66. The van der Waals surface area contributed by atoms with Crippen LogP contribution >= 0.6 is 0 Å². The fourth-order valence-electron chi connectivity index (χ4n) is 1.75. The Kier molecular flexibility index (Phi) is 4.20. The van der Waals surface area contributed by atoms with E-state index in [1.54, 1.807) is 0 Å². The topological polar surface area (TPSA) is 68.7 Å². The molecule has 0 bridgehead atoms. The van der Waals surface area contributed by atoms with Crippen molar-refractivity contribution >= 4 is 5.97 Å². The van der Waals surface area contributed by atoms with Crippen LogP contribution in [-0.4, -0.2) is 29.5 Å². The number of aromatic nitrogens is 1. The average Bonchev–Trinajstić information content (AvgIpc) is 2.45. The van der Waals surface area contributed by atoms with E-state index in [4.69, 9.17) is 9.84 Å². The summed E-state index contributed by atoms with van der Waals surface area (Å²) in [4.78, 5) is 14.9. The highest BCUT2D eigenvalue weighted by molar-refractivity contribution is 5.86. The van der Waals surface area contributed by atoms with Gasteiger partial charge in [0.25, 0.3) is 0 Å². The molecule has 1 heterocycles. The lowest BCUT2D eigenvalue weighted by Gasteiger charge is -2.11. The molecule has 0 unspecified atom stereocenters. The van der Waals surface area contributed by atoms with Gasteiger partial charge in [0, 0.05) is 5.56 Å². The number of ether oxygens (including phenoxy) is 2. The number of alkyl halides is 3. The third-order valence-corrected chi connectivity index (χ3v) is 2.66. The van der Waals surface area contributed by atoms with E-state index in [-0.39, 0.29) is 17.1 Å². The lowest BCUT2D eigenvalue weighted by Crippen LogP contribution is -2.16. The average molecular weight is 313 g/mol. The quantitative estimate of drug-likeness (QED) is 0.937. The van der Waals surface area contributed by atoms with E-state index >= 15 is 0 Å². The number of benzene rings is 1. The van der Waals surface area contributed by atoms with Crippen molar-refractivity contribution in [3.05, 3.63) is 42.1 Å². The van der Waals surface area contributed by atoms with E-state index in [1.165, 1.54) is 31.4 Å². The highest BCUT2D eigenvalue weighted by atomic mass is 19.4. The Morgan fingerprint density at radius 1 is 1.14 bits per heavy atom. The van der Waals surface area contributed by atoms with Crippen molar-refractivity contribution in [2.24, 2.45) is 0 Å². The Balaban J connectivity index is 2.38. The monoisotopic (exact) mass is 313 g/mol. The number of nitrogens with zero attached hydrogens (tertiary/aromatic N) is 1. The molecule has 0 spiro atoms. The molecule has 0 saturated heterocycles. The molecule has 0 radical (unpaired) electrons. The molecular formula is C14H10F3NO4. The van der Waals surface area contributed by atoms with E-state index in [2.05, 4.69) is 9.72 Å². The van der Waals surface area contributed by atoms with Crippen molar-refractivity contribution in [3.8, 4) is 22.8 Å². The predicted octanol–water partition coefficient (Wildman–Crippen LogP) is 3.35. The van der Waals surface area contributed by atoms with Crippen LogP contribution in [-0.2, 0) is 0 Å². The van der Waals surface area contributed by atoms with Gasteiger partial charge < -0.3 is 14.6 Å². The number of hydrogen-bond donors (Lipinski definition) is 1. The van der Waals surface area contributed by atoms with Gasteiger partial charge in [-0.2, -0.15) is 0 Å². The number of halogens is 3. The minimum atomic E-state index is -4.78. The second-order valence-electron chi connectivity index (χ2n) is 4.12. The Morgan fingerprint density at radius 3 is 2.27 bits per heavy atom. The van der Waals surface area contributed by atoms with Gasteiger partial charge in [0.1, 0.15) is 22.9 Å². The molecule has 2 aromatic rings. The maximum atomic E-state index is 12.1. The highest BCUT2D eigenvalue weighted by Crippen LogP contribution is 2.30. The van der Waals surface area contributed by atoms with Crippen LogP contribution in [0.1, 0.15) is 10.5 Å². The molecule has 0 atom stereocenters. The first-order chi connectivity index (χ1) is 10.3. The summed E-state index contributed by atoms with van der Waals surface area (Å²) in [5, 5.41) is 8.94. The van der Waals surface area contributed by atoms with Crippen LogP contribution in [0, 0.1) is 0 Å². The molecule has 5 nitrogen and oxygen atoms in total. The molecule has 0 aliphatic carbocycles. The first-order valence-electron chi connectivity index (χ1n) is 5.94. The smallest absolute Gasteiger partial charge is 0.494 e. The van der Waals surface area contributed by atoms with Gasteiger partial charge >= 0.3 is 12.3 Å². The van der Waals surface area contributed by atoms with Crippen molar-refractivity contribution in [3.63, 3.8) is 0 Å². The molecule has 0 aliphatic heterocycles. The molecule has 0 amide bonds. The van der Waals surface area contributed by atoms with Crippen LogP contribution in [0.2, 0.25) is 0 Å². The largest absolute Gasteiger partial charge is 0.573 e. The second-order valence-corrected chi connectivity index (χ2v) is 4.12. The lowest BCUT2D eigenvalue weighted by atomic mass is 10.1. The first kappa shape index (κ1) is 15.6. The van der Waals surface area contributed by atoms with E-state index < -0.39 is 12.3 Å². The van der Waals surface area contributed by atoms with Crippen molar-refractivity contribution in [2.45, 2.75) is 6.36 Å². The van der Waals surface area contributed by atoms with Gasteiger partial charge in [-0.3, -0.25) is 0 Å². The maximum absolute atomic E-state index is 12.1. The fourth-order valence-corrected chi connectivity index (χ4v) is 1.75. The Labute approximate surface area is 122 Å². The summed E-state index contributed by atoms with van der Waals surface area (Å²) in [5.74, 6) is -1.31. The van der Waals surface area contributed by atoms with Crippen molar-refractivity contribution in [1.29, 1.82) is 0 Å². The molecule has 8 heteroatoms. The third kappa shape index (κ3) is 3.66. The number of carbonyl (C=O) groups is 1. The van der Waals surface area contributed by atoms with Crippen LogP contribution in [0.3, 0.4) is 0 Å². The summed E-state index contributed by atoms with van der Waals surface area (Å²) in [7, 11) is 1.38. The van der Waals surface area contributed by atoms with Crippen LogP contribution in [0.25, 0.3) is 11.3 Å². The van der Waals surface area contributed by atoms with Gasteiger partial charge in [0.15, 0.2) is 0 Å². The number of carboxylic acid groups (broad SMARTS) is 1. The Bertz CT molecular complexity index is 683. The first-order valence-corrected chi connectivity index (χ1v) is 5.94. The van der Waals surface area contributed by atoms with Gasteiger partial charge in [0.05, 0.1) is 7.11 Å². The molecule has 1 N–H and O–H groups in total. The Morgan fingerprint density at radius 2 is 1.77 bits per heavy atom. The lowest BCUT2D eigenvalue weighted by molar-refractivity contribution is -0.274. The normalized spacial score (nSPS) is 11.1. The van der Waals surface area contributed by atoms with E-state index in [0.29, 0.717) is 11.3 Å². The van der Waals surface area contributed by atoms with Crippen molar-refractivity contribution < 1.29 is 32.5 Å². The van der Waals surface area contributed by atoms with Crippen LogP contribution < -0.4 is 9.47 Å². The fraction of sp³-hybridized carbons (Fsp3) is 0.143. The molecule has 1 aromatic heterocycles. The molecule has 116 valence electrons. The minimum absolute atomic E-state index is 0.202. The van der Waals surface area contributed by atoms with E-state index in [9.17, 15) is 18.0 Å². The van der Waals surface area contributed by atoms with Gasteiger partial charge in [-0.1, -0.05) is 0 Å². The summed E-state index contributed by atoms with van der Waals surface area (Å²) in [6.45, 7) is 0. The van der Waals surface area contributed by atoms with Gasteiger partial charge in [0.2, 0.25) is 0 Å². The minimum Gasteiger partial charge on any atom is -0.494 e. The number of rotatable bonds is 4. The van der Waals surface area contributed by atoms with Gasteiger partial charge in [-0.05, 0) is 36.4 Å². The zero-order valence-electron chi connectivity index (χ0n) is 11.2. The predicted molar refractivity (Wildman–Crippen MR) is 69.9 cm³/mol. The van der Waals surface area contributed by atoms with Crippen molar-refractivity contribution in [2.75, 3.05) is 7.11 Å². The second kappa shape index (κ2) is 5.92. The summed E-state index contributed by atoms with van der Waals surface area (Å²) in [5.41, 5.74) is 0.404. The summed E-state index contributed by atoms with van der Waals surface area (Å²) >= 11 is 0. The standard InChI is InChI=1S/C14H10F3NO4/c1-21-11-7-6-10(13(19)20)18-12(11)8-2-4-9(5-3-8)22-14(15,16)17/h2-7H,1H3,(H,19,20). The van der Waals surface area contributed by atoms with Crippen molar-refractivity contribution in [1.82, 2.24) is 4.98 Å². The number of aromatic carboxylic acids is 1. The van der Waals surface area contributed by atoms with Crippen LogP contribution in [0.4, 0.5) is 13.2 Å². The van der Waals surface area contributed by atoms with E-state index in [1.807, 2.05) is 0 Å². The highest BCUT2D eigenvalue weighted by Gasteiger charge is 2.31. The number of pyridine rings is 1. The number of carboxylic acids is 1. The zero-order valence-corrected chi connectivity index (χ0v) is 11.2. The maximum Gasteiger partial charge on any atom is 0.573 e.